The number of aromatic nitrogens is 1. The molecule has 1 N–H and O–H groups in total. The minimum atomic E-state index is -0.448. The van der Waals surface area contributed by atoms with Crippen LogP contribution >= 0.6 is 46.7 Å². The number of rotatable bonds is 4. The van der Waals surface area contributed by atoms with Crippen LogP contribution in [-0.4, -0.2) is 16.1 Å². The first-order valence-electron chi connectivity index (χ1n) is 7.19. The highest BCUT2D eigenvalue weighted by molar-refractivity contribution is 8.18. The Morgan fingerprint density at radius 1 is 1.23 bits per heavy atom. The molecular formula is C17H9Cl2N3O2S2. The van der Waals surface area contributed by atoms with E-state index >= 15 is 0 Å². The van der Waals surface area contributed by atoms with Crippen LogP contribution in [0.5, 0.6) is 0 Å². The molecule has 0 aliphatic carbocycles. The second kappa shape index (κ2) is 8.14. The zero-order valence-corrected chi connectivity index (χ0v) is 16.1. The Bertz CT molecular complexity index is 986. The Kier molecular flexibility index (Phi) is 5.89. The summed E-state index contributed by atoms with van der Waals surface area (Å²) in [5, 5.41) is 12.5. The maximum atomic E-state index is 11.6. The minimum Gasteiger partial charge on any atom is -0.282 e. The van der Waals surface area contributed by atoms with Crippen molar-refractivity contribution in [2.45, 2.75) is 10.8 Å². The topological polar surface area (TPSA) is 82.9 Å². The van der Waals surface area contributed by atoms with Crippen LogP contribution < -0.4 is 5.32 Å². The van der Waals surface area contributed by atoms with Crippen molar-refractivity contribution in [1.82, 2.24) is 10.3 Å². The van der Waals surface area contributed by atoms with Gasteiger partial charge in [-0.25, -0.2) is 4.98 Å². The highest BCUT2D eigenvalue weighted by Gasteiger charge is 2.25. The van der Waals surface area contributed by atoms with Gasteiger partial charge in [-0.3, -0.25) is 14.9 Å². The Hall–Kier alpha value is -1.98. The quantitative estimate of drug-likeness (QED) is 0.559. The van der Waals surface area contributed by atoms with E-state index in [0.29, 0.717) is 32.1 Å². The van der Waals surface area contributed by atoms with Crippen LogP contribution in [0.2, 0.25) is 10.0 Å². The SMILES string of the molecule is N#Cc1ccc(/C=C2\SC(=O)NC2=O)nc1SCc1ccc(Cl)c(Cl)c1. The highest BCUT2D eigenvalue weighted by atomic mass is 35.5. The fourth-order valence-electron chi connectivity index (χ4n) is 2.07. The molecule has 2 aromatic rings. The third kappa shape index (κ3) is 4.40. The van der Waals surface area contributed by atoms with Gasteiger partial charge in [0.15, 0.2) is 0 Å². The van der Waals surface area contributed by atoms with Crippen molar-refractivity contribution in [2.24, 2.45) is 0 Å². The van der Waals surface area contributed by atoms with Gasteiger partial charge in [-0.2, -0.15) is 5.26 Å². The predicted molar refractivity (Wildman–Crippen MR) is 104 cm³/mol. The molecule has 130 valence electrons. The molecule has 0 atom stereocenters. The molecule has 26 heavy (non-hydrogen) atoms. The molecule has 0 spiro atoms. The van der Waals surface area contributed by atoms with E-state index in [4.69, 9.17) is 23.2 Å². The summed E-state index contributed by atoms with van der Waals surface area (Å²) in [4.78, 5) is 27.6. The van der Waals surface area contributed by atoms with E-state index in [0.717, 1.165) is 17.3 Å². The van der Waals surface area contributed by atoms with Crippen LogP contribution in [0, 0.1) is 11.3 Å². The Balaban J connectivity index is 1.83. The van der Waals surface area contributed by atoms with Crippen molar-refractivity contribution in [3.8, 4) is 6.07 Å². The molecule has 1 aromatic carbocycles. The number of carbonyl (C=O) groups is 2. The van der Waals surface area contributed by atoms with Crippen molar-refractivity contribution < 1.29 is 9.59 Å². The van der Waals surface area contributed by atoms with Gasteiger partial charge in [-0.05, 0) is 47.7 Å². The maximum Gasteiger partial charge on any atom is 0.290 e. The lowest BCUT2D eigenvalue weighted by atomic mass is 10.2. The maximum absolute atomic E-state index is 11.6. The zero-order chi connectivity index (χ0) is 18.7. The van der Waals surface area contributed by atoms with E-state index in [-0.39, 0.29) is 4.91 Å². The molecule has 5 nitrogen and oxygen atoms in total. The Morgan fingerprint density at radius 2 is 2.04 bits per heavy atom. The average Bonchev–Trinajstić information content (AvgIpc) is 2.93. The van der Waals surface area contributed by atoms with Gasteiger partial charge in [0.05, 0.1) is 26.2 Å². The van der Waals surface area contributed by atoms with E-state index in [1.165, 1.54) is 17.8 Å². The number of amides is 2. The Morgan fingerprint density at radius 3 is 2.69 bits per heavy atom. The number of nitrogens with zero attached hydrogens (tertiary/aromatic N) is 2. The summed E-state index contributed by atoms with van der Waals surface area (Å²) in [5.41, 5.74) is 1.86. The number of hydrogen-bond donors (Lipinski definition) is 1. The molecule has 1 fully saturated rings. The fourth-order valence-corrected chi connectivity index (χ4v) is 3.98. The first-order valence-corrected chi connectivity index (χ1v) is 9.75. The summed E-state index contributed by atoms with van der Waals surface area (Å²) in [6, 6.07) is 10.7. The minimum absolute atomic E-state index is 0.271. The average molecular weight is 422 g/mol. The molecule has 9 heteroatoms. The third-order valence-corrected chi connectivity index (χ3v) is 5.89. The zero-order valence-electron chi connectivity index (χ0n) is 13.0. The predicted octanol–water partition coefficient (Wildman–Crippen LogP) is 4.88. The molecule has 1 aliphatic heterocycles. The molecule has 1 aromatic heterocycles. The number of carbonyl (C=O) groups excluding carboxylic acids is 2. The fraction of sp³-hybridized carbons (Fsp3) is 0.0588. The van der Waals surface area contributed by atoms with Gasteiger partial charge >= 0.3 is 0 Å². The second-order valence-electron chi connectivity index (χ2n) is 5.09. The molecule has 1 aliphatic rings. The molecule has 0 radical (unpaired) electrons. The van der Waals surface area contributed by atoms with Gasteiger partial charge < -0.3 is 0 Å². The number of hydrogen-bond acceptors (Lipinski definition) is 6. The molecule has 1 saturated heterocycles. The number of imide groups is 1. The summed E-state index contributed by atoms with van der Waals surface area (Å²) in [7, 11) is 0. The van der Waals surface area contributed by atoms with Crippen LogP contribution in [-0.2, 0) is 10.5 Å². The van der Waals surface area contributed by atoms with E-state index in [2.05, 4.69) is 16.4 Å². The lowest BCUT2D eigenvalue weighted by molar-refractivity contribution is -0.115. The monoisotopic (exact) mass is 421 g/mol. The third-order valence-electron chi connectivity index (χ3n) is 3.28. The van der Waals surface area contributed by atoms with Crippen molar-refractivity contribution in [3.63, 3.8) is 0 Å². The number of pyridine rings is 1. The normalized spacial score (nSPS) is 15.2. The van der Waals surface area contributed by atoms with E-state index in [1.807, 2.05) is 6.07 Å². The van der Waals surface area contributed by atoms with Crippen LogP contribution in [0.3, 0.4) is 0 Å². The number of halogens is 2. The Labute approximate surface area is 167 Å². The van der Waals surface area contributed by atoms with E-state index < -0.39 is 11.1 Å². The smallest absolute Gasteiger partial charge is 0.282 e. The highest BCUT2D eigenvalue weighted by Crippen LogP contribution is 2.30. The van der Waals surface area contributed by atoms with E-state index in [9.17, 15) is 14.9 Å². The lowest BCUT2D eigenvalue weighted by Crippen LogP contribution is -2.17. The van der Waals surface area contributed by atoms with Gasteiger partial charge in [0.2, 0.25) is 0 Å². The molecule has 2 amide bonds. The van der Waals surface area contributed by atoms with Gasteiger partial charge in [0.1, 0.15) is 11.1 Å². The van der Waals surface area contributed by atoms with Crippen LogP contribution in [0.1, 0.15) is 16.8 Å². The van der Waals surface area contributed by atoms with Gasteiger partial charge in [-0.15, -0.1) is 11.8 Å². The summed E-state index contributed by atoms with van der Waals surface area (Å²) < 4.78 is 0. The molecule has 0 unspecified atom stereocenters. The summed E-state index contributed by atoms with van der Waals surface area (Å²) in [6.07, 6.45) is 1.52. The van der Waals surface area contributed by atoms with Gasteiger partial charge in [0.25, 0.3) is 11.1 Å². The second-order valence-corrected chi connectivity index (χ2v) is 7.88. The molecule has 2 heterocycles. The standard InChI is InChI=1S/C17H9Cl2N3O2S2/c18-12-4-1-9(5-13(12)19)8-25-16-10(7-20)2-3-11(21-16)6-14-15(23)22-17(24)26-14/h1-6H,8H2,(H,22,23,24)/b14-6-. The summed E-state index contributed by atoms with van der Waals surface area (Å²) >= 11 is 14.1. The van der Waals surface area contributed by atoms with Crippen molar-refractivity contribution in [3.05, 3.63) is 62.1 Å². The first kappa shape index (κ1) is 18.8. The van der Waals surface area contributed by atoms with Crippen LogP contribution in [0.4, 0.5) is 4.79 Å². The number of benzene rings is 1. The molecular weight excluding hydrogens is 413 g/mol. The first-order chi connectivity index (χ1) is 12.5. The summed E-state index contributed by atoms with van der Waals surface area (Å²) in [5.74, 6) is 0.0999. The molecule has 0 saturated carbocycles. The molecule has 3 rings (SSSR count). The van der Waals surface area contributed by atoms with Crippen LogP contribution in [0.15, 0.2) is 40.3 Å². The number of nitrogens with one attached hydrogen (secondary N) is 1. The van der Waals surface area contributed by atoms with Crippen LogP contribution in [0.25, 0.3) is 6.08 Å². The number of thioether (sulfide) groups is 2. The van der Waals surface area contributed by atoms with E-state index in [1.54, 1.807) is 24.3 Å². The van der Waals surface area contributed by atoms with Crippen molar-refractivity contribution >= 4 is 63.9 Å². The van der Waals surface area contributed by atoms with Gasteiger partial charge in [-0.1, -0.05) is 29.3 Å². The molecule has 0 bridgehead atoms. The largest absolute Gasteiger partial charge is 0.290 e. The lowest BCUT2D eigenvalue weighted by Gasteiger charge is -2.06. The summed E-state index contributed by atoms with van der Waals surface area (Å²) in [6.45, 7) is 0. The number of nitriles is 1. The van der Waals surface area contributed by atoms with Crippen molar-refractivity contribution in [2.75, 3.05) is 0 Å². The van der Waals surface area contributed by atoms with Gasteiger partial charge in [0, 0.05) is 5.75 Å². The van der Waals surface area contributed by atoms with Crippen molar-refractivity contribution in [1.29, 1.82) is 5.26 Å².